The molecule has 4 rings (SSSR count). The Kier molecular flexibility index (Phi) is 5.41. The van der Waals surface area contributed by atoms with E-state index in [1.807, 2.05) is 40.6 Å². The second-order valence-corrected chi connectivity index (χ2v) is 8.64. The third-order valence-electron chi connectivity index (χ3n) is 4.79. The average molecular weight is 416 g/mol. The normalized spacial score (nSPS) is 13.6. The number of methoxy groups -OCH3 is 1. The van der Waals surface area contributed by atoms with Gasteiger partial charge in [-0.3, -0.25) is 14.2 Å². The summed E-state index contributed by atoms with van der Waals surface area (Å²) in [5, 5.41) is 2.44. The monoisotopic (exact) mass is 415 g/mol. The number of ether oxygens (including phenoxy) is 1. The van der Waals surface area contributed by atoms with E-state index in [0.717, 1.165) is 24.2 Å². The number of benzene rings is 1. The molecule has 2 aromatic heterocycles. The van der Waals surface area contributed by atoms with Gasteiger partial charge in [-0.05, 0) is 42.0 Å². The summed E-state index contributed by atoms with van der Waals surface area (Å²) in [5.41, 5.74) is 1.71. The van der Waals surface area contributed by atoms with E-state index in [-0.39, 0.29) is 17.2 Å². The van der Waals surface area contributed by atoms with E-state index in [0.29, 0.717) is 28.0 Å². The molecule has 1 saturated carbocycles. The maximum absolute atomic E-state index is 12.9. The largest absolute Gasteiger partial charge is 0.497 e. The third-order valence-corrected chi connectivity index (χ3v) is 6.70. The maximum atomic E-state index is 12.9. The third kappa shape index (κ3) is 3.93. The van der Waals surface area contributed by atoms with Crippen LogP contribution in [-0.2, 0) is 18.4 Å². The highest BCUT2D eigenvalue weighted by atomic mass is 32.2. The van der Waals surface area contributed by atoms with Crippen molar-refractivity contribution in [3.8, 4) is 5.75 Å². The average Bonchev–Trinajstić information content (AvgIpc) is 3.44. The molecule has 2 heterocycles. The van der Waals surface area contributed by atoms with Crippen LogP contribution >= 0.6 is 23.1 Å². The van der Waals surface area contributed by atoms with Gasteiger partial charge in [0.2, 0.25) is 5.91 Å². The summed E-state index contributed by atoms with van der Waals surface area (Å²) in [7, 11) is 3.35. The van der Waals surface area contributed by atoms with Crippen LogP contribution in [-0.4, -0.2) is 39.3 Å². The number of amides is 1. The fraction of sp³-hybridized carbons (Fsp3) is 0.350. The topological polar surface area (TPSA) is 64.4 Å². The van der Waals surface area contributed by atoms with Crippen molar-refractivity contribution < 1.29 is 9.53 Å². The molecule has 0 radical (unpaired) electrons. The van der Waals surface area contributed by atoms with E-state index in [1.165, 1.54) is 27.7 Å². The van der Waals surface area contributed by atoms with Crippen LogP contribution in [0.2, 0.25) is 0 Å². The Hall–Kier alpha value is -2.32. The molecule has 0 aliphatic heterocycles. The molecule has 146 valence electrons. The summed E-state index contributed by atoms with van der Waals surface area (Å²) in [6.07, 6.45) is 2.09. The van der Waals surface area contributed by atoms with Crippen molar-refractivity contribution in [3.05, 3.63) is 51.6 Å². The number of carbonyl (C=O) groups is 1. The number of hydrogen-bond acceptors (Lipinski definition) is 6. The minimum atomic E-state index is -0.0627. The smallest absolute Gasteiger partial charge is 0.271 e. The van der Waals surface area contributed by atoms with E-state index in [1.54, 1.807) is 14.2 Å². The SMILES string of the molecule is COc1ccc(CN(C(=O)CSc2nc3ccsc3c(=O)n2C)C2CC2)cc1. The van der Waals surface area contributed by atoms with Gasteiger partial charge in [0.25, 0.3) is 5.56 Å². The Morgan fingerprint density at radius 1 is 1.32 bits per heavy atom. The predicted molar refractivity (Wildman–Crippen MR) is 112 cm³/mol. The van der Waals surface area contributed by atoms with Crippen molar-refractivity contribution in [1.29, 1.82) is 0 Å². The highest BCUT2D eigenvalue weighted by Gasteiger charge is 2.32. The van der Waals surface area contributed by atoms with Crippen LogP contribution in [0.3, 0.4) is 0 Å². The molecule has 0 saturated heterocycles. The zero-order valence-electron chi connectivity index (χ0n) is 15.8. The number of thioether (sulfide) groups is 1. The fourth-order valence-corrected chi connectivity index (χ4v) is 4.70. The molecule has 1 aliphatic carbocycles. The molecule has 8 heteroatoms. The molecule has 1 fully saturated rings. The van der Waals surface area contributed by atoms with Crippen molar-refractivity contribution in [2.24, 2.45) is 7.05 Å². The second-order valence-electron chi connectivity index (χ2n) is 6.78. The van der Waals surface area contributed by atoms with E-state index < -0.39 is 0 Å². The first-order valence-electron chi connectivity index (χ1n) is 9.06. The number of hydrogen-bond donors (Lipinski definition) is 0. The molecular weight excluding hydrogens is 394 g/mol. The van der Waals surface area contributed by atoms with E-state index in [2.05, 4.69) is 4.98 Å². The highest BCUT2D eigenvalue weighted by molar-refractivity contribution is 7.99. The summed E-state index contributed by atoms with van der Waals surface area (Å²) >= 11 is 2.72. The molecular formula is C20H21N3O3S2. The Balaban J connectivity index is 1.46. The van der Waals surface area contributed by atoms with E-state index in [9.17, 15) is 9.59 Å². The standard InChI is InChI=1S/C20H21N3O3S2/c1-22-19(25)18-16(9-10-27-18)21-20(22)28-12-17(24)23(14-5-6-14)11-13-3-7-15(26-2)8-4-13/h3-4,7-10,14H,5-6,11-12H2,1-2H3. The van der Waals surface area contributed by atoms with Gasteiger partial charge in [-0.2, -0.15) is 0 Å². The lowest BCUT2D eigenvalue weighted by molar-refractivity contribution is -0.129. The molecule has 1 aromatic carbocycles. The number of aromatic nitrogens is 2. The molecule has 0 N–H and O–H groups in total. The second kappa shape index (κ2) is 7.97. The van der Waals surface area contributed by atoms with Crippen molar-refractivity contribution in [1.82, 2.24) is 14.5 Å². The highest BCUT2D eigenvalue weighted by Crippen LogP contribution is 2.30. The fourth-order valence-electron chi connectivity index (χ4n) is 3.04. The first-order chi connectivity index (χ1) is 13.6. The van der Waals surface area contributed by atoms with Gasteiger partial charge in [-0.15, -0.1) is 11.3 Å². The Bertz CT molecular complexity index is 1050. The van der Waals surface area contributed by atoms with E-state index >= 15 is 0 Å². The first kappa shape index (κ1) is 19.0. The van der Waals surface area contributed by atoms with Crippen molar-refractivity contribution in [2.75, 3.05) is 12.9 Å². The van der Waals surface area contributed by atoms with Crippen molar-refractivity contribution >= 4 is 39.2 Å². The molecule has 0 unspecified atom stereocenters. The van der Waals surface area contributed by atoms with Crippen LogP contribution in [0.5, 0.6) is 5.75 Å². The van der Waals surface area contributed by atoms with Gasteiger partial charge in [0, 0.05) is 19.6 Å². The summed E-state index contributed by atoms with van der Waals surface area (Å²) in [5.74, 6) is 1.14. The van der Waals surface area contributed by atoms with Crippen LogP contribution in [0, 0.1) is 0 Å². The predicted octanol–water partition coefficient (Wildman–Crippen LogP) is 3.29. The van der Waals surface area contributed by atoms with Crippen LogP contribution in [0.15, 0.2) is 45.7 Å². The number of carbonyl (C=O) groups excluding carboxylic acids is 1. The Labute approximate surface area is 171 Å². The van der Waals surface area contributed by atoms with Gasteiger partial charge in [0.05, 0.1) is 18.4 Å². The van der Waals surface area contributed by atoms with Gasteiger partial charge < -0.3 is 9.64 Å². The lowest BCUT2D eigenvalue weighted by atomic mass is 10.2. The van der Waals surface area contributed by atoms with Crippen LogP contribution < -0.4 is 10.3 Å². The van der Waals surface area contributed by atoms with Crippen LogP contribution in [0.25, 0.3) is 10.2 Å². The van der Waals surface area contributed by atoms with E-state index in [4.69, 9.17) is 4.74 Å². The minimum Gasteiger partial charge on any atom is -0.497 e. The summed E-state index contributed by atoms with van der Waals surface area (Å²) in [6.45, 7) is 0.587. The zero-order chi connectivity index (χ0) is 19.7. The molecule has 0 bridgehead atoms. The lowest BCUT2D eigenvalue weighted by Crippen LogP contribution is -2.34. The molecule has 0 atom stereocenters. The Morgan fingerprint density at radius 3 is 2.75 bits per heavy atom. The van der Waals surface area contributed by atoms with Gasteiger partial charge in [-0.1, -0.05) is 23.9 Å². The summed E-state index contributed by atoms with van der Waals surface area (Å²) in [4.78, 5) is 31.8. The molecule has 3 aromatic rings. The molecule has 0 spiro atoms. The zero-order valence-corrected chi connectivity index (χ0v) is 17.4. The van der Waals surface area contributed by atoms with Gasteiger partial charge in [0.15, 0.2) is 5.16 Å². The summed E-state index contributed by atoms with van der Waals surface area (Å²) < 4.78 is 7.38. The van der Waals surface area contributed by atoms with Gasteiger partial charge in [0.1, 0.15) is 10.4 Å². The number of thiophene rings is 1. The van der Waals surface area contributed by atoms with Crippen molar-refractivity contribution in [3.63, 3.8) is 0 Å². The van der Waals surface area contributed by atoms with Gasteiger partial charge >= 0.3 is 0 Å². The van der Waals surface area contributed by atoms with Crippen molar-refractivity contribution in [2.45, 2.75) is 30.6 Å². The van der Waals surface area contributed by atoms with Crippen LogP contribution in [0.4, 0.5) is 0 Å². The quantitative estimate of drug-likeness (QED) is 0.438. The molecule has 28 heavy (non-hydrogen) atoms. The number of nitrogens with zero attached hydrogens (tertiary/aromatic N) is 3. The molecule has 1 amide bonds. The number of rotatable bonds is 7. The first-order valence-corrected chi connectivity index (χ1v) is 10.9. The van der Waals surface area contributed by atoms with Gasteiger partial charge in [-0.25, -0.2) is 4.98 Å². The van der Waals surface area contributed by atoms with Crippen LogP contribution in [0.1, 0.15) is 18.4 Å². The minimum absolute atomic E-state index is 0.0627. The Morgan fingerprint density at radius 2 is 2.07 bits per heavy atom. The lowest BCUT2D eigenvalue weighted by Gasteiger charge is -2.22. The molecule has 1 aliphatic rings. The maximum Gasteiger partial charge on any atom is 0.271 e. The summed E-state index contributed by atoms with van der Waals surface area (Å²) in [6, 6.07) is 9.96. The number of fused-ring (bicyclic) bond motifs is 1. The molecule has 6 nitrogen and oxygen atoms in total.